The molecule has 0 radical (unpaired) electrons. The third-order valence-electron chi connectivity index (χ3n) is 6.13. The number of likely N-dealkylation sites (tertiary alicyclic amines) is 1. The molecule has 144 valence electrons. The predicted molar refractivity (Wildman–Crippen MR) is 105 cm³/mol. The van der Waals surface area contributed by atoms with Crippen molar-refractivity contribution >= 4 is 35.2 Å². The molecule has 0 bridgehead atoms. The van der Waals surface area contributed by atoms with Gasteiger partial charge in [0.1, 0.15) is 0 Å². The number of anilines is 1. The Morgan fingerprint density at radius 3 is 2.33 bits per heavy atom. The Morgan fingerprint density at radius 1 is 1.19 bits per heavy atom. The van der Waals surface area contributed by atoms with Gasteiger partial charge in [0.05, 0.1) is 10.6 Å². The molecule has 4 rings (SSSR count). The first kappa shape index (κ1) is 18.3. The van der Waals surface area contributed by atoms with Gasteiger partial charge in [0.2, 0.25) is 11.8 Å². The molecule has 27 heavy (non-hydrogen) atoms. The highest BCUT2D eigenvalue weighted by atomic mass is 32.2. The zero-order valence-corrected chi connectivity index (χ0v) is 16.6. The minimum absolute atomic E-state index is 0.00974. The Morgan fingerprint density at radius 2 is 1.81 bits per heavy atom. The quantitative estimate of drug-likeness (QED) is 0.865. The molecule has 3 amide bonds. The minimum Gasteiger partial charge on any atom is -0.338 e. The molecular weight excluding hydrogens is 362 g/mol. The number of hydrogen-bond acceptors (Lipinski definition) is 4. The summed E-state index contributed by atoms with van der Waals surface area (Å²) in [5.74, 6) is 1.40. The van der Waals surface area contributed by atoms with Crippen LogP contribution in [-0.2, 0) is 9.59 Å². The third-order valence-corrected chi connectivity index (χ3v) is 7.74. The Bertz CT molecular complexity index is 771. The predicted octanol–water partition coefficient (Wildman–Crippen LogP) is 2.42. The van der Waals surface area contributed by atoms with Gasteiger partial charge in [-0.1, -0.05) is 6.92 Å². The standard InChI is InChI=1S/C20H25N3O3S/c1-13-11-16(13)18(25)21-15-5-3-14(4-6-15)19(26)23-9-7-20(8-10-23)22(2)17(24)12-27-20/h3-6,13,16H,7-12H2,1-2H3,(H,21,25)/t13-,16+/m0/s1. The van der Waals surface area contributed by atoms with Crippen LogP contribution in [0.25, 0.3) is 0 Å². The number of carbonyl (C=O) groups excluding carboxylic acids is 3. The molecular formula is C20H25N3O3S. The number of benzene rings is 1. The molecule has 0 aromatic heterocycles. The maximum Gasteiger partial charge on any atom is 0.253 e. The van der Waals surface area contributed by atoms with Crippen molar-refractivity contribution in [1.82, 2.24) is 9.80 Å². The van der Waals surface area contributed by atoms with Crippen LogP contribution in [0.3, 0.4) is 0 Å². The lowest BCUT2D eigenvalue weighted by molar-refractivity contribution is -0.129. The maximum atomic E-state index is 12.8. The summed E-state index contributed by atoms with van der Waals surface area (Å²) < 4.78 is 0. The van der Waals surface area contributed by atoms with Crippen molar-refractivity contribution in [3.8, 4) is 0 Å². The lowest BCUT2D eigenvalue weighted by atomic mass is 10.0. The van der Waals surface area contributed by atoms with E-state index in [-0.39, 0.29) is 28.5 Å². The van der Waals surface area contributed by atoms with Crippen molar-refractivity contribution in [3.05, 3.63) is 29.8 Å². The smallest absolute Gasteiger partial charge is 0.253 e. The zero-order valence-electron chi connectivity index (χ0n) is 15.7. The van der Waals surface area contributed by atoms with Gasteiger partial charge in [-0.3, -0.25) is 14.4 Å². The molecule has 0 unspecified atom stereocenters. The van der Waals surface area contributed by atoms with Crippen LogP contribution in [0.1, 0.15) is 36.5 Å². The van der Waals surface area contributed by atoms with Crippen molar-refractivity contribution in [2.75, 3.05) is 31.2 Å². The van der Waals surface area contributed by atoms with E-state index in [1.165, 1.54) is 0 Å². The lowest BCUT2D eigenvalue weighted by Gasteiger charge is -2.42. The van der Waals surface area contributed by atoms with Crippen LogP contribution in [0.5, 0.6) is 0 Å². The molecule has 6 nitrogen and oxygen atoms in total. The molecule has 1 aromatic rings. The van der Waals surface area contributed by atoms with Crippen molar-refractivity contribution < 1.29 is 14.4 Å². The van der Waals surface area contributed by atoms with Gasteiger partial charge < -0.3 is 15.1 Å². The lowest BCUT2D eigenvalue weighted by Crippen LogP contribution is -2.51. The summed E-state index contributed by atoms with van der Waals surface area (Å²) in [7, 11) is 1.87. The van der Waals surface area contributed by atoms with E-state index >= 15 is 0 Å². The van der Waals surface area contributed by atoms with E-state index in [2.05, 4.69) is 12.2 Å². The largest absolute Gasteiger partial charge is 0.338 e. The second-order valence-electron chi connectivity index (χ2n) is 7.87. The minimum atomic E-state index is -0.137. The van der Waals surface area contributed by atoms with Crippen molar-refractivity contribution in [1.29, 1.82) is 0 Å². The first-order valence-corrected chi connectivity index (χ1v) is 10.5. The Balaban J connectivity index is 1.35. The molecule has 2 saturated heterocycles. The van der Waals surface area contributed by atoms with E-state index < -0.39 is 0 Å². The topological polar surface area (TPSA) is 69.7 Å². The fraction of sp³-hybridized carbons (Fsp3) is 0.550. The van der Waals surface area contributed by atoms with Crippen molar-refractivity contribution in [3.63, 3.8) is 0 Å². The highest BCUT2D eigenvalue weighted by Gasteiger charge is 2.46. The first-order valence-electron chi connectivity index (χ1n) is 9.50. The van der Waals surface area contributed by atoms with Crippen LogP contribution < -0.4 is 5.32 Å². The summed E-state index contributed by atoms with van der Waals surface area (Å²) in [5, 5.41) is 2.92. The summed E-state index contributed by atoms with van der Waals surface area (Å²) >= 11 is 1.70. The van der Waals surface area contributed by atoms with E-state index in [1.54, 1.807) is 36.0 Å². The molecule has 2 aliphatic heterocycles. The van der Waals surface area contributed by atoms with E-state index in [1.807, 2.05) is 16.8 Å². The Kier molecular flexibility index (Phi) is 4.66. The van der Waals surface area contributed by atoms with Crippen LogP contribution in [0, 0.1) is 11.8 Å². The molecule has 2 atom stereocenters. The molecule has 7 heteroatoms. The average Bonchev–Trinajstić information content (AvgIpc) is 3.36. The summed E-state index contributed by atoms with van der Waals surface area (Å²) in [6.45, 7) is 3.38. The van der Waals surface area contributed by atoms with E-state index in [0.717, 1.165) is 24.9 Å². The van der Waals surface area contributed by atoms with Gasteiger partial charge in [-0.25, -0.2) is 0 Å². The molecule has 3 fully saturated rings. The molecule has 1 N–H and O–H groups in total. The third kappa shape index (κ3) is 3.45. The monoisotopic (exact) mass is 387 g/mol. The van der Waals surface area contributed by atoms with Crippen LogP contribution in [0.15, 0.2) is 24.3 Å². The molecule has 1 saturated carbocycles. The van der Waals surface area contributed by atoms with Gasteiger partial charge in [-0.15, -0.1) is 11.8 Å². The van der Waals surface area contributed by atoms with Gasteiger partial charge in [-0.2, -0.15) is 0 Å². The zero-order chi connectivity index (χ0) is 19.2. The van der Waals surface area contributed by atoms with Crippen LogP contribution in [0.4, 0.5) is 5.69 Å². The second-order valence-corrected chi connectivity index (χ2v) is 9.20. The number of thioether (sulfide) groups is 1. The normalized spacial score (nSPS) is 26.4. The number of hydrogen-bond donors (Lipinski definition) is 1. The Hall–Kier alpha value is -2.02. The van der Waals surface area contributed by atoms with E-state index in [0.29, 0.717) is 30.3 Å². The number of nitrogens with one attached hydrogen (secondary N) is 1. The van der Waals surface area contributed by atoms with Gasteiger partial charge in [0.25, 0.3) is 5.91 Å². The molecule has 3 aliphatic rings. The number of amides is 3. The summed E-state index contributed by atoms with van der Waals surface area (Å²) in [4.78, 5) is 40.2. The van der Waals surface area contributed by atoms with Crippen LogP contribution >= 0.6 is 11.8 Å². The molecule has 1 spiro atoms. The SMILES string of the molecule is C[C@H]1C[C@H]1C(=O)Nc1ccc(C(=O)N2CCC3(CC2)SCC(=O)N3C)cc1. The molecule has 2 heterocycles. The highest BCUT2D eigenvalue weighted by molar-refractivity contribution is 8.01. The van der Waals surface area contributed by atoms with Gasteiger partial charge in [-0.05, 0) is 49.4 Å². The van der Waals surface area contributed by atoms with Crippen LogP contribution in [0.2, 0.25) is 0 Å². The Labute approximate surface area is 163 Å². The number of piperidine rings is 1. The van der Waals surface area contributed by atoms with E-state index in [9.17, 15) is 14.4 Å². The van der Waals surface area contributed by atoms with Gasteiger partial charge in [0.15, 0.2) is 0 Å². The number of rotatable bonds is 3. The molecule has 1 aliphatic carbocycles. The number of carbonyl (C=O) groups is 3. The van der Waals surface area contributed by atoms with Gasteiger partial charge in [0, 0.05) is 37.3 Å². The molecule has 1 aromatic carbocycles. The summed E-state index contributed by atoms with van der Waals surface area (Å²) in [5.41, 5.74) is 1.36. The van der Waals surface area contributed by atoms with Gasteiger partial charge >= 0.3 is 0 Å². The summed E-state index contributed by atoms with van der Waals surface area (Å²) in [6.07, 6.45) is 2.57. The fourth-order valence-electron chi connectivity index (χ4n) is 3.96. The van der Waals surface area contributed by atoms with Crippen LogP contribution in [-0.4, -0.2) is 58.3 Å². The number of nitrogens with zero attached hydrogens (tertiary/aromatic N) is 2. The van der Waals surface area contributed by atoms with Crippen molar-refractivity contribution in [2.45, 2.75) is 31.1 Å². The average molecular weight is 388 g/mol. The maximum absolute atomic E-state index is 12.8. The fourth-order valence-corrected chi connectivity index (χ4v) is 5.31. The summed E-state index contributed by atoms with van der Waals surface area (Å²) in [6, 6.07) is 7.14. The highest BCUT2D eigenvalue weighted by Crippen LogP contribution is 2.43. The second kappa shape index (κ2) is 6.86. The first-order chi connectivity index (χ1) is 12.9. The van der Waals surface area contributed by atoms with Crippen molar-refractivity contribution in [2.24, 2.45) is 11.8 Å². The van der Waals surface area contributed by atoms with E-state index in [4.69, 9.17) is 0 Å².